The van der Waals surface area contributed by atoms with Crippen LogP contribution in [0.15, 0.2) is 75.6 Å². The number of anilines is 1. The highest BCUT2D eigenvalue weighted by Crippen LogP contribution is 2.18. The van der Waals surface area contributed by atoms with E-state index in [1.807, 2.05) is 6.92 Å². The van der Waals surface area contributed by atoms with Crippen LogP contribution in [0.3, 0.4) is 0 Å². The molecule has 160 valence electrons. The van der Waals surface area contributed by atoms with Crippen LogP contribution < -0.4 is 10.1 Å². The van der Waals surface area contributed by atoms with Gasteiger partial charge in [0, 0.05) is 25.5 Å². The van der Waals surface area contributed by atoms with Gasteiger partial charge in [-0.1, -0.05) is 30.3 Å². The van der Waals surface area contributed by atoms with Gasteiger partial charge in [0.25, 0.3) is 5.91 Å². The van der Waals surface area contributed by atoms with E-state index in [0.717, 1.165) is 11.5 Å². The molecule has 8 nitrogen and oxygen atoms in total. The number of aryl methyl sites for hydroxylation is 2. The highest BCUT2D eigenvalue weighted by Gasteiger charge is 2.17. The molecule has 0 fully saturated rings. The number of hydrogen-bond acceptors (Lipinski definition) is 7. The summed E-state index contributed by atoms with van der Waals surface area (Å²) in [5, 5.41) is 15.5. The van der Waals surface area contributed by atoms with Crippen molar-refractivity contribution in [3.05, 3.63) is 93.9 Å². The van der Waals surface area contributed by atoms with Crippen LogP contribution in [0.25, 0.3) is 0 Å². The second-order valence-corrected chi connectivity index (χ2v) is 6.86. The number of aliphatic hydroxyl groups is 1. The molecule has 1 heterocycles. The molecule has 0 saturated heterocycles. The zero-order chi connectivity index (χ0) is 22.2. The molecule has 1 amide bonds. The zero-order valence-electron chi connectivity index (χ0n) is 17.3. The summed E-state index contributed by atoms with van der Waals surface area (Å²) in [5.41, 5.74) is 1.51. The predicted octanol–water partition coefficient (Wildman–Crippen LogP) is 4.63. The number of rotatable bonds is 9. The second-order valence-electron chi connectivity index (χ2n) is 6.86. The molecular weight excluding hydrogens is 398 g/mol. The van der Waals surface area contributed by atoms with Crippen LogP contribution in [0.4, 0.5) is 5.69 Å². The molecule has 0 saturated carbocycles. The Morgan fingerprint density at radius 1 is 1.13 bits per heavy atom. The molecule has 3 aromatic rings. The SMILES string of the molecule is Cc1nc(CCOc2ccc(C/C(O)=C(\N=O)C(=O)Nc3ccccc3)cc2)c(C)o1. The predicted molar refractivity (Wildman–Crippen MR) is 116 cm³/mol. The van der Waals surface area contributed by atoms with Gasteiger partial charge in [0.1, 0.15) is 17.3 Å². The van der Waals surface area contributed by atoms with Gasteiger partial charge in [-0.25, -0.2) is 4.98 Å². The van der Waals surface area contributed by atoms with Gasteiger partial charge < -0.3 is 19.6 Å². The summed E-state index contributed by atoms with van der Waals surface area (Å²) >= 11 is 0. The minimum absolute atomic E-state index is 0.0129. The Kier molecular flexibility index (Phi) is 7.16. The van der Waals surface area contributed by atoms with Crippen LogP contribution >= 0.6 is 0 Å². The Bertz CT molecular complexity index is 1070. The minimum Gasteiger partial charge on any atom is -0.509 e. The van der Waals surface area contributed by atoms with Gasteiger partial charge in [0.05, 0.1) is 12.3 Å². The zero-order valence-corrected chi connectivity index (χ0v) is 17.3. The van der Waals surface area contributed by atoms with Crippen molar-refractivity contribution < 1.29 is 19.1 Å². The third kappa shape index (κ3) is 6.02. The number of allylic oxidation sites excluding steroid dienone is 1. The molecule has 2 N–H and O–H groups in total. The summed E-state index contributed by atoms with van der Waals surface area (Å²) < 4.78 is 11.1. The van der Waals surface area contributed by atoms with Gasteiger partial charge in [-0.2, -0.15) is 0 Å². The smallest absolute Gasteiger partial charge is 0.281 e. The Morgan fingerprint density at radius 2 is 1.84 bits per heavy atom. The number of benzene rings is 2. The summed E-state index contributed by atoms with van der Waals surface area (Å²) in [7, 11) is 0. The first-order chi connectivity index (χ1) is 15.0. The highest BCUT2D eigenvalue weighted by atomic mass is 16.5. The Balaban J connectivity index is 1.57. The molecule has 0 aliphatic heterocycles. The summed E-state index contributed by atoms with van der Waals surface area (Å²) in [6, 6.07) is 15.6. The number of aliphatic hydroxyl groups excluding tert-OH is 1. The summed E-state index contributed by atoms with van der Waals surface area (Å²) in [4.78, 5) is 27.7. The van der Waals surface area contributed by atoms with E-state index in [-0.39, 0.29) is 6.42 Å². The molecule has 3 rings (SSSR count). The van der Waals surface area contributed by atoms with Crippen molar-refractivity contribution in [1.29, 1.82) is 0 Å². The number of nitrogens with zero attached hydrogens (tertiary/aromatic N) is 2. The van der Waals surface area contributed by atoms with E-state index in [1.54, 1.807) is 61.5 Å². The van der Waals surface area contributed by atoms with Crippen LogP contribution in [0, 0.1) is 18.8 Å². The van der Waals surface area contributed by atoms with Gasteiger partial charge in [0.2, 0.25) is 5.70 Å². The van der Waals surface area contributed by atoms with Gasteiger partial charge in [0.15, 0.2) is 5.89 Å². The number of aromatic nitrogens is 1. The van der Waals surface area contributed by atoms with Crippen molar-refractivity contribution in [2.24, 2.45) is 5.18 Å². The Labute approximate surface area is 179 Å². The Hall–Kier alpha value is -3.94. The number of nitroso groups, excluding NO2 is 1. The number of para-hydroxylation sites is 1. The molecule has 0 radical (unpaired) electrons. The van der Waals surface area contributed by atoms with Crippen molar-refractivity contribution in [2.45, 2.75) is 26.7 Å². The fraction of sp³-hybridized carbons (Fsp3) is 0.217. The average Bonchev–Trinajstić information content (AvgIpc) is 3.07. The molecule has 2 aromatic carbocycles. The van der Waals surface area contributed by atoms with E-state index in [1.165, 1.54) is 0 Å². The summed E-state index contributed by atoms with van der Waals surface area (Å²) in [5.74, 6) is 0.896. The largest absolute Gasteiger partial charge is 0.509 e. The number of ether oxygens (including phenoxy) is 1. The number of oxazole rings is 1. The van der Waals surface area contributed by atoms with Gasteiger partial charge in [-0.15, -0.1) is 4.91 Å². The van der Waals surface area contributed by atoms with Crippen LogP contribution in [0.2, 0.25) is 0 Å². The van der Waals surface area contributed by atoms with Crippen molar-refractivity contribution in [1.82, 2.24) is 4.98 Å². The molecule has 0 aliphatic rings. The highest BCUT2D eigenvalue weighted by molar-refractivity contribution is 6.03. The van der Waals surface area contributed by atoms with Crippen molar-refractivity contribution >= 4 is 11.6 Å². The van der Waals surface area contributed by atoms with Crippen molar-refractivity contribution in [2.75, 3.05) is 11.9 Å². The quantitative estimate of drug-likeness (QED) is 0.296. The van der Waals surface area contributed by atoms with E-state index < -0.39 is 17.4 Å². The van der Waals surface area contributed by atoms with Gasteiger partial charge in [-0.3, -0.25) is 4.79 Å². The lowest BCUT2D eigenvalue weighted by atomic mass is 10.1. The van der Waals surface area contributed by atoms with E-state index >= 15 is 0 Å². The number of carbonyl (C=O) groups excluding carboxylic acids is 1. The molecule has 8 heteroatoms. The number of amides is 1. The molecule has 1 aromatic heterocycles. The van der Waals surface area contributed by atoms with Crippen LogP contribution in [0.5, 0.6) is 5.75 Å². The molecular formula is C23H23N3O5. The molecule has 0 unspecified atom stereocenters. The summed E-state index contributed by atoms with van der Waals surface area (Å²) in [6.45, 7) is 4.11. The van der Waals surface area contributed by atoms with Crippen LogP contribution in [0.1, 0.15) is 22.9 Å². The summed E-state index contributed by atoms with van der Waals surface area (Å²) in [6.07, 6.45) is 0.611. The third-order valence-corrected chi connectivity index (χ3v) is 4.51. The van der Waals surface area contributed by atoms with E-state index in [2.05, 4.69) is 15.5 Å². The van der Waals surface area contributed by atoms with Crippen LogP contribution in [-0.4, -0.2) is 22.6 Å². The molecule has 0 aliphatic carbocycles. The lowest BCUT2D eigenvalue weighted by Gasteiger charge is -2.08. The first-order valence-corrected chi connectivity index (χ1v) is 9.72. The molecule has 0 spiro atoms. The monoisotopic (exact) mass is 421 g/mol. The first kappa shape index (κ1) is 21.8. The van der Waals surface area contributed by atoms with Crippen molar-refractivity contribution in [3.63, 3.8) is 0 Å². The van der Waals surface area contributed by atoms with Crippen LogP contribution in [-0.2, 0) is 17.6 Å². The van der Waals surface area contributed by atoms with E-state index in [9.17, 15) is 14.8 Å². The lowest BCUT2D eigenvalue weighted by molar-refractivity contribution is -0.113. The molecule has 31 heavy (non-hydrogen) atoms. The number of carbonyl (C=O) groups is 1. The first-order valence-electron chi connectivity index (χ1n) is 9.72. The van der Waals surface area contributed by atoms with E-state index in [0.29, 0.717) is 35.9 Å². The standard InChI is InChI=1S/C23H23N3O5/c1-15-20(24-16(2)31-15)12-13-30-19-10-8-17(9-11-19)14-21(27)22(26-29)23(28)25-18-6-4-3-5-7-18/h3-11,27H,12-14H2,1-2H3,(H,25,28)/b22-21+. The maximum atomic E-state index is 12.2. The maximum Gasteiger partial charge on any atom is 0.281 e. The average molecular weight is 421 g/mol. The van der Waals surface area contributed by atoms with Crippen molar-refractivity contribution in [3.8, 4) is 5.75 Å². The number of nitrogens with one attached hydrogen (secondary N) is 1. The fourth-order valence-corrected chi connectivity index (χ4v) is 2.99. The van der Waals surface area contributed by atoms with Gasteiger partial charge in [-0.05, 0) is 41.9 Å². The Morgan fingerprint density at radius 3 is 2.45 bits per heavy atom. The number of hydrogen-bond donors (Lipinski definition) is 2. The molecule has 0 atom stereocenters. The minimum atomic E-state index is -0.767. The third-order valence-electron chi connectivity index (χ3n) is 4.51. The maximum absolute atomic E-state index is 12.2. The topological polar surface area (TPSA) is 114 Å². The van der Waals surface area contributed by atoms with Gasteiger partial charge >= 0.3 is 0 Å². The second kappa shape index (κ2) is 10.2. The normalized spacial score (nSPS) is 11.5. The lowest BCUT2D eigenvalue weighted by Crippen LogP contribution is -2.15. The molecule has 0 bridgehead atoms. The fourth-order valence-electron chi connectivity index (χ4n) is 2.99. The van der Waals surface area contributed by atoms with E-state index in [4.69, 9.17) is 9.15 Å².